The molecule has 3 heterocycles. The van der Waals surface area contributed by atoms with Crippen LogP contribution in [-0.2, 0) is 18.3 Å². The van der Waals surface area contributed by atoms with E-state index in [0.29, 0.717) is 6.61 Å². The Morgan fingerprint density at radius 2 is 2.08 bits per heavy atom. The van der Waals surface area contributed by atoms with Crippen molar-refractivity contribution in [3.05, 3.63) is 53.6 Å². The van der Waals surface area contributed by atoms with Gasteiger partial charge in [-0.15, -0.1) is 0 Å². The number of nitrogens with zero attached hydrogens (tertiary/aromatic N) is 4. The van der Waals surface area contributed by atoms with Crippen molar-refractivity contribution in [2.24, 2.45) is 7.05 Å². The number of hydrogen-bond donors (Lipinski definition) is 1. The number of aromatic nitrogens is 3. The second kappa shape index (κ2) is 6.46. The summed E-state index contributed by atoms with van der Waals surface area (Å²) in [7, 11) is 2.07. The summed E-state index contributed by atoms with van der Waals surface area (Å²) in [5.74, 6) is 1.07. The summed E-state index contributed by atoms with van der Waals surface area (Å²) in [5, 5.41) is 0. The number of rotatable bonds is 3. The number of morpholine rings is 1. The van der Waals surface area contributed by atoms with Crippen molar-refractivity contribution in [1.29, 1.82) is 0 Å². The molecule has 4 rings (SSSR count). The van der Waals surface area contributed by atoms with Gasteiger partial charge in [0.1, 0.15) is 11.9 Å². The van der Waals surface area contributed by atoms with Gasteiger partial charge in [-0.2, -0.15) is 0 Å². The van der Waals surface area contributed by atoms with Crippen LogP contribution in [0.25, 0.3) is 11.0 Å². The molecule has 130 valence electrons. The molecule has 0 spiro atoms. The first-order valence-corrected chi connectivity index (χ1v) is 8.58. The molecule has 0 saturated carbocycles. The molecule has 1 aliphatic rings. The Bertz CT molecular complexity index is 884. The fourth-order valence-electron chi connectivity index (χ4n) is 3.45. The van der Waals surface area contributed by atoms with E-state index in [1.54, 1.807) is 0 Å². The van der Waals surface area contributed by atoms with Crippen molar-refractivity contribution < 1.29 is 4.74 Å². The molecule has 0 radical (unpaired) electrons. The Balaban J connectivity index is 1.53. The monoisotopic (exact) mass is 337 g/mol. The Labute approximate surface area is 147 Å². The lowest BCUT2D eigenvalue weighted by Gasteiger charge is -2.32. The summed E-state index contributed by atoms with van der Waals surface area (Å²) in [5.41, 5.74) is 10.7. The predicted molar refractivity (Wildman–Crippen MR) is 98.1 cm³/mol. The van der Waals surface area contributed by atoms with E-state index in [1.165, 1.54) is 0 Å². The van der Waals surface area contributed by atoms with E-state index in [9.17, 15) is 0 Å². The molecule has 3 aromatic rings. The van der Waals surface area contributed by atoms with Crippen LogP contribution in [0.2, 0.25) is 0 Å². The highest BCUT2D eigenvalue weighted by Gasteiger charge is 2.24. The zero-order valence-corrected chi connectivity index (χ0v) is 14.6. The highest BCUT2D eigenvalue weighted by molar-refractivity contribution is 5.75. The lowest BCUT2D eigenvalue weighted by Crippen LogP contribution is -2.38. The van der Waals surface area contributed by atoms with Crippen LogP contribution in [0.4, 0.5) is 5.69 Å². The minimum absolute atomic E-state index is 0.0503. The number of benzene rings is 1. The summed E-state index contributed by atoms with van der Waals surface area (Å²) < 4.78 is 8.11. The summed E-state index contributed by atoms with van der Waals surface area (Å²) in [6.45, 7) is 5.12. The van der Waals surface area contributed by atoms with Crippen LogP contribution in [0.1, 0.15) is 23.3 Å². The predicted octanol–water partition coefficient (Wildman–Crippen LogP) is 2.43. The molecule has 6 nitrogen and oxygen atoms in total. The molecule has 1 fully saturated rings. The second-order valence-corrected chi connectivity index (χ2v) is 6.64. The van der Waals surface area contributed by atoms with E-state index in [0.717, 1.165) is 53.6 Å². The van der Waals surface area contributed by atoms with Crippen LogP contribution in [0.3, 0.4) is 0 Å². The van der Waals surface area contributed by atoms with Crippen LogP contribution >= 0.6 is 0 Å². The lowest BCUT2D eigenvalue weighted by atomic mass is 10.1. The molecule has 1 aliphatic heterocycles. The van der Waals surface area contributed by atoms with Gasteiger partial charge in [0.15, 0.2) is 0 Å². The topological polar surface area (TPSA) is 69.2 Å². The smallest absolute Gasteiger partial charge is 0.123 e. The fourth-order valence-corrected chi connectivity index (χ4v) is 3.45. The normalized spacial score (nSPS) is 18.7. The maximum absolute atomic E-state index is 5.96. The molecular weight excluding hydrogens is 314 g/mol. The highest BCUT2D eigenvalue weighted by Crippen LogP contribution is 2.24. The third-order valence-electron chi connectivity index (χ3n) is 4.72. The minimum Gasteiger partial charge on any atom is -0.399 e. The number of hydrogen-bond acceptors (Lipinski definition) is 5. The number of nitrogens with two attached hydrogens (primary N) is 1. The van der Waals surface area contributed by atoms with Crippen LogP contribution in [-0.4, -0.2) is 39.1 Å². The third-order valence-corrected chi connectivity index (χ3v) is 4.72. The Morgan fingerprint density at radius 1 is 1.24 bits per heavy atom. The molecule has 0 aliphatic carbocycles. The molecular formula is C19H23N5O. The Kier molecular flexibility index (Phi) is 4.15. The second-order valence-electron chi connectivity index (χ2n) is 6.64. The average molecular weight is 337 g/mol. The van der Waals surface area contributed by atoms with Gasteiger partial charge in [-0.3, -0.25) is 9.88 Å². The largest absolute Gasteiger partial charge is 0.399 e. The van der Waals surface area contributed by atoms with Crippen molar-refractivity contribution in [3.63, 3.8) is 0 Å². The minimum atomic E-state index is -0.0503. The van der Waals surface area contributed by atoms with Gasteiger partial charge < -0.3 is 15.0 Å². The van der Waals surface area contributed by atoms with E-state index >= 15 is 0 Å². The maximum Gasteiger partial charge on any atom is 0.123 e. The van der Waals surface area contributed by atoms with E-state index in [2.05, 4.69) is 33.6 Å². The summed E-state index contributed by atoms with van der Waals surface area (Å²) in [6, 6.07) is 12.0. The van der Waals surface area contributed by atoms with Crippen molar-refractivity contribution in [2.75, 3.05) is 25.4 Å². The standard InChI is InChI=1S/C19H23N5O/c1-13-9-14(20)10-16(21-13)18-11-24(7-8-25-18)12-19-22-15-5-3-4-6-17(15)23(19)2/h3-6,9-10,18H,7-8,11-12H2,1-2H3,(H2,20,21). The van der Waals surface area contributed by atoms with Crippen molar-refractivity contribution in [1.82, 2.24) is 19.4 Å². The summed E-state index contributed by atoms with van der Waals surface area (Å²) in [6.07, 6.45) is -0.0503. The van der Waals surface area contributed by atoms with Crippen molar-refractivity contribution in [2.45, 2.75) is 19.6 Å². The number of ether oxygens (including phenoxy) is 1. The molecule has 2 aromatic heterocycles. The number of aryl methyl sites for hydroxylation is 2. The quantitative estimate of drug-likeness (QED) is 0.795. The van der Waals surface area contributed by atoms with Gasteiger partial charge in [0, 0.05) is 31.5 Å². The van der Waals surface area contributed by atoms with Crippen molar-refractivity contribution in [3.8, 4) is 0 Å². The molecule has 2 N–H and O–H groups in total. The van der Waals surface area contributed by atoms with Crippen LogP contribution in [0.15, 0.2) is 36.4 Å². The number of para-hydroxylation sites is 2. The number of fused-ring (bicyclic) bond motifs is 1. The lowest BCUT2D eigenvalue weighted by molar-refractivity contribution is -0.0359. The molecule has 0 amide bonds. The van der Waals surface area contributed by atoms with Gasteiger partial charge >= 0.3 is 0 Å². The van der Waals surface area contributed by atoms with Crippen LogP contribution in [0.5, 0.6) is 0 Å². The van der Waals surface area contributed by atoms with Crippen molar-refractivity contribution >= 4 is 16.7 Å². The van der Waals surface area contributed by atoms with Gasteiger partial charge in [-0.1, -0.05) is 12.1 Å². The zero-order chi connectivity index (χ0) is 17.4. The summed E-state index contributed by atoms with van der Waals surface area (Å²) >= 11 is 0. The first kappa shape index (κ1) is 16.1. The van der Waals surface area contributed by atoms with Gasteiger partial charge in [0.2, 0.25) is 0 Å². The number of imidazole rings is 1. The molecule has 1 aromatic carbocycles. The molecule has 1 unspecified atom stereocenters. The van der Waals surface area contributed by atoms with Gasteiger partial charge in [-0.25, -0.2) is 4.98 Å². The van der Waals surface area contributed by atoms with Crippen LogP contribution in [0, 0.1) is 6.92 Å². The molecule has 25 heavy (non-hydrogen) atoms. The molecule has 1 saturated heterocycles. The van der Waals surface area contributed by atoms with E-state index in [4.69, 9.17) is 15.5 Å². The molecule has 1 atom stereocenters. The van der Waals surface area contributed by atoms with Gasteiger partial charge in [0.05, 0.1) is 29.9 Å². The number of pyridine rings is 1. The average Bonchev–Trinajstić information content (AvgIpc) is 2.91. The fraction of sp³-hybridized carbons (Fsp3) is 0.368. The highest BCUT2D eigenvalue weighted by atomic mass is 16.5. The molecule has 0 bridgehead atoms. The molecule has 6 heteroatoms. The Morgan fingerprint density at radius 3 is 2.88 bits per heavy atom. The van der Waals surface area contributed by atoms with Gasteiger partial charge in [0.25, 0.3) is 0 Å². The third kappa shape index (κ3) is 3.23. The van der Waals surface area contributed by atoms with Crippen LogP contribution < -0.4 is 5.73 Å². The first-order chi connectivity index (χ1) is 12.1. The SMILES string of the molecule is Cc1cc(N)cc(C2CN(Cc3nc4ccccc4n3C)CCO2)n1. The first-order valence-electron chi connectivity index (χ1n) is 8.58. The summed E-state index contributed by atoms with van der Waals surface area (Å²) in [4.78, 5) is 11.7. The van der Waals surface area contributed by atoms with E-state index < -0.39 is 0 Å². The van der Waals surface area contributed by atoms with Gasteiger partial charge in [-0.05, 0) is 31.2 Å². The number of nitrogen functional groups attached to an aromatic ring is 1. The maximum atomic E-state index is 5.96. The Hall–Kier alpha value is -2.44. The zero-order valence-electron chi connectivity index (χ0n) is 14.6. The van der Waals surface area contributed by atoms with E-state index in [1.807, 2.05) is 31.2 Å². The van der Waals surface area contributed by atoms with E-state index in [-0.39, 0.29) is 6.10 Å². The number of anilines is 1.